The van der Waals surface area contributed by atoms with Crippen LogP contribution in [0.2, 0.25) is 0 Å². The number of amidine groups is 1. The highest BCUT2D eigenvalue weighted by Gasteiger charge is 2.47. The van der Waals surface area contributed by atoms with E-state index in [0.29, 0.717) is 5.84 Å². The molecule has 7 rings (SSSR count). The molecule has 31 heavy (non-hydrogen) atoms. The van der Waals surface area contributed by atoms with Crippen molar-refractivity contribution in [1.82, 2.24) is 9.88 Å². The van der Waals surface area contributed by atoms with Crippen molar-refractivity contribution >= 4 is 44.0 Å². The molecule has 1 aliphatic carbocycles. The van der Waals surface area contributed by atoms with Gasteiger partial charge in [0.2, 0.25) is 0 Å². The van der Waals surface area contributed by atoms with Crippen molar-refractivity contribution in [1.29, 1.82) is 0 Å². The Balaban J connectivity index is 1.60. The maximum absolute atomic E-state index is 10.7. The van der Waals surface area contributed by atoms with Crippen molar-refractivity contribution in [3.8, 4) is 0 Å². The smallest absolute Gasteiger partial charge is 0.176 e. The lowest BCUT2D eigenvalue weighted by molar-refractivity contribution is 0.225. The SMILES string of the molecule is OC1=CC=CN2C1=Nc1c(ccc3cc4ccc5cccnc5c4cc13)C21CCCC1. The van der Waals surface area contributed by atoms with Crippen molar-refractivity contribution in [3.63, 3.8) is 0 Å². The minimum absolute atomic E-state index is 0.134. The number of allylic oxidation sites excluding steroid dienone is 2. The third kappa shape index (κ3) is 2.19. The second kappa shape index (κ2) is 5.94. The van der Waals surface area contributed by atoms with Gasteiger partial charge in [0.05, 0.1) is 16.7 Å². The molecule has 0 unspecified atom stereocenters. The second-order valence-electron chi connectivity index (χ2n) is 8.83. The number of nitrogens with zero attached hydrogens (tertiary/aromatic N) is 3. The number of benzene rings is 3. The van der Waals surface area contributed by atoms with Crippen LogP contribution in [0.3, 0.4) is 0 Å². The van der Waals surface area contributed by atoms with Crippen molar-refractivity contribution in [2.75, 3.05) is 0 Å². The molecule has 1 fully saturated rings. The maximum Gasteiger partial charge on any atom is 0.176 e. The molecule has 3 heterocycles. The van der Waals surface area contributed by atoms with E-state index in [1.807, 2.05) is 18.3 Å². The van der Waals surface area contributed by atoms with E-state index in [0.717, 1.165) is 40.2 Å². The van der Waals surface area contributed by atoms with Crippen molar-refractivity contribution < 1.29 is 5.11 Å². The molecule has 1 spiro atoms. The van der Waals surface area contributed by atoms with Gasteiger partial charge in [-0.3, -0.25) is 4.98 Å². The van der Waals surface area contributed by atoms with Crippen molar-refractivity contribution in [3.05, 3.63) is 84.4 Å². The molecule has 4 aromatic rings. The Bertz CT molecular complexity index is 1510. The lowest BCUT2D eigenvalue weighted by Crippen LogP contribution is -2.48. The fourth-order valence-corrected chi connectivity index (χ4v) is 5.82. The van der Waals surface area contributed by atoms with Gasteiger partial charge in [-0.25, -0.2) is 4.99 Å². The molecule has 1 N–H and O–H groups in total. The van der Waals surface area contributed by atoms with Crippen LogP contribution in [0.1, 0.15) is 31.2 Å². The first kappa shape index (κ1) is 17.1. The van der Waals surface area contributed by atoms with Crippen LogP contribution in [0.5, 0.6) is 0 Å². The van der Waals surface area contributed by atoms with Crippen LogP contribution in [-0.2, 0) is 5.54 Å². The number of aliphatic imine (C=N–C) groups is 1. The molecule has 0 atom stereocenters. The Hall–Kier alpha value is -3.66. The Morgan fingerprint density at radius 2 is 1.71 bits per heavy atom. The predicted octanol–water partition coefficient (Wildman–Crippen LogP) is 6.63. The monoisotopic (exact) mass is 403 g/mol. The summed E-state index contributed by atoms with van der Waals surface area (Å²) in [6, 6.07) is 17.4. The first-order chi connectivity index (χ1) is 15.2. The molecule has 4 nitrogen and oxygen atoms in total. The largest absolute Gasteiger partial charge is 0.504 e. The van der Waals surface area contributed by atoms with E-state index in [-0.39, 0.29) is 11.3 Å². The van der Waals surface area contributed by atoms with Gasteiger partial charge >= 0.3 is 0 Å². The summed E-state index contributed by atoms with van der Waals surface area (Å²) in [7, 11) is 0. The minimum Gasteiger partial charge on any atom is -0.504 e. The van der Waals surface area contributed by atoms with E-state index in [1.54, 1.807) is 6.08 Å². The fraction of sp³-hybridized carbons (Fsp3) is 0.185. The third-order valence-corrected chi connectivity index (χ3v) is 7.26. The first-order valence-electron chi connectivity index (χ1n) is 11.0. The van der Waals surface area contributed by atoms with Crippen LogP contribution >= 0.6 is 0 Å². The van der Waals surface area contributed by atoms with Gasteiger partial charge in [0.15, 0.2) is 11.6 Å². The maximum atomic E-state index is 10.7. The number of fused-ring (bicyclic) bond motifs is 9. The van der Waals surface area contributed by atoms with Gasteiger partial charge < -0.3 is 10.0 Å². The molecule has 3 aliphatic rings. The number of rotatable bonds is 0. The molecule has 150 valence electrons. The lowest BCUT2D eigenvalue weighted by atomic mass is 9.81. The Kier molecular flexibility index (Phi) is 3.27. The third-order valence-electron chi connectivity index (χ3n) is 7.26. The molecule has 0 saturated heterocycles. The molecular formula is C27H21N3O. The lowest BCUT2D eigenvalue weighted by Gasteiger charge is -2.45. The van der Waals surface area contributed by atoms with E-state index in [2.05, 4.69) is 58.5 Å². The average molecular weight is 403 g/mol. The van der Waals surface area contributed by atoms with E-state index in [1.165, 1.54) is 29.2 Å². The molecule has 0 radical (unpaired) electrons. The van der Waals surface area contributed by atoms with Crippen LogP contribution in [0.4, 0.5) is 5.69 Å². The quantitative estimate of drug-likeness (QED) is 0.265. The van der Waals surface area contributed by atoms with Crippen LogP contribution in [-0.4, -0.2) is 20.8 Å². The number of hydrogen-bond acceptors (Lipinski definition) is 4. The summed E-state index contributed by atoms with van der Waals surface area (Å²) in [6.07, 6.45) is 12.1. The zero-order valence-electron chi connectivity index (χ0n) is 17.0. The summed E-state index contributed by atoms with van der Waals surface area (Å²) in [5, 5.41) is 16.5. The molecule has 4 heteroatoms. The zero-order valence-corrected chi connectivity index (χ0v) is 17.0. The second-order valence-corrected chi connectivity index (χ2v) is 8.83. The highest BCUT2D eigenvalue weighted by atomic mass is 16.3. The number of hydrogen-bond donors (Lipinski definition) is 1. The topological polar surface area (TPSA) is 48.7 Å². The van der Waals surface area contributed by atoms with Gasteiger partial charge in [0.1, 0.15) is 0 Å². The predicted molar refractivity (Wildman–Crippen MR) is 126 cm³/mol. The van der Waals surface area contributed by atoms with Gasteiger partial charge in [-0.05, 0) is 54.0 Å². The van der Waals surface area contributed by atoms with Crippen LogP contribution in [0.25, 0.3) is 32.4 Å². The molecule has 2 aliphatic heterocycles. The molecule has 1 aromatic heterocycles. The van der Waals surface area contributed by atoms with Gasteiger partial charge in [-0.15, -0.1) is 0 Å². The number of pyridine rings is 1. The standard InChI is InChI=1S/C27H21N3O/c31-23-6-4-14-30-26(23)29-25-21-16-20-18(8-7-17-5-3-13-28-24(17)20)15-19(21)9-10-22(25)27(30)11-1-2-12-27/h3-10,13-16,31H,1-2,11-12H2. The molecular weight excluding hydrogens is 382 g/mol. The van der Waals surface area contributed by atoms with E-state index in [9.17, 15) is 5.11 Å². The molecule has 1 saturated carbocycles. The Morgan fingerprint density at radius 3 is 2.61 bits per heavy atom. The highest BCUT2D eigenvalue weighted by Crippen LogP contribution is 2.53. The minimum atomic E-state index is -0.134. The Morgan fingerprint density at radius 1 is 0.903 bits per heavy atom. The van der Waals surface area contributed by atoms with Gasteiger partial charge in [-0.1, -0.05) is 43.2 Å². The summed E-state index contributed by atoms with van der Waals surface area (Å²) in [5.74, 6) is 0.907. The van der Waals surface area contributed by atoms with Gasteiger partial charge in [0, 0.05) is 34.1 Å². The first-order valence-corrected chi connectivity index (χ1v) is 11.0. The number of aromatic nitrogens is 1. The van der Waals surface area contributed by atoms with E-state index in [4.69, 9.17) is 4.99 Å². The fourth-order valence-electron chi connectivity index (χ4n) is 5.82. The van der Waals surface area contributed by atoms with Gasteiger partial charge in [0.25, 0.3) is 0 Å². The van der Waals surface area contributed by atoms with Crippen molar-refractivity contribution in [2.24, 2.45) is 4.99 Å². The molecule has 0 amide bonds. The summed E-state index contributed by atoms with van der Waals surface area (Å²) in [5.41, 5.74) is 3.15. The summed E-state index contributed by atoms with van der Waals surface area (Å²) in [4.78, 5) is 11.9. The molecule has 3 aromatic carbocycles. The molecule has 0 bridgehead atoms. The average Bonchev–Trinajstić information content (AvgIpc) is 3.29. The summed E-state index contributed by atoms with van der Waals surface area (Å²) >= 11 is 0. The van der Waals surface area contributed by atoms with Crippen LogP contribution in [0, 0.1) is 0 Å². The Labute approximate surface area is 179 Å². The number of aliphatic hydroxyl groups excluding tert-OH is 1. The van der Waals surface area contributed by atoms with Gasteiger partial charge in [-0.2, -0.15) is 0 Å². The van der Waals surface area contributed by atoms with E-state index >= 15 is 0 Å². The summed E-state index contributed by atoms with van der Waals surface area (Å²) in [6.45, 7) is 0. The normalized spacial score (nSPS) is 19.0. The van der Waals surface area contributed by atoms with Crippen LogP contribution < -0.4 is 0 Å². The number of aliphatic hydroxyl groups is 1. The highest BCUT2D eigenvalue weighted by molar-refractivity contribution is 6.14. The van der Waals surface area contributed by atoms with E-state index < -0.39 is 0 Å². The summed E-state index contributed by atoms with van der Waals surface area (Å²) < 4.78 is 0. The zero-order chi connectivity index (χ0) is 20.6. The van der Waals surface area contributed by atoms with Crippen molar-refractivity contribution in [2.45, 2.75) is 31.2 Å². The van der Waals surface area contributed by atoms with Crippen LogP contribution in [0.15, 0.2) is 83.8 Å².